The summed E-state index contributed by atoms with van der Waals surface area (Å²) in [5, 5.41) is 9.55. The summed E-state index contributed by atoms with van der Waals surface area (Å²) in [6.07, 6.45) is 1.44. The number of rotatable bonds is 2. The summed E-state index contributed by atoms with van der Waals surface area (Å²) >= 11 is 5.90. The number of anilines is 1. The van der Waals surface area contributed by atoms with Crippen LogP contribution >= 0.6 is 11.6 Å². The lowest BCUT2D eigenvalue weighted by atomic mass is 10.2. The minimum atomic E-state index is 0.220. The number of pyridine rings is 1. The number of halogens is 1. The highest BCUT2D eigenvalue weighted by Gasteiger charge is 2.09. The summed E-state index contributed by atoms with van der Waals surface area (Å²) in [5.74, 6) is 0.785. The summed E-state index contributed by atoms with van der Waals surface area (Å²) < 4.78 is 5.59. The van der Waals surface area contributed by atoms with Crippen LogP contribution < -0.4 is 10.5 Å². The Kier molecular flexibility index (Phi) is 3.35. The predicted molar refractivity (Wildman–Crippen MR) is 69.6 cm³/mol. The normalized spacial score (nSPS) is 9.83. The van der Waals surface area contributed by atoms with E-state index in [4.69, 9.17) is 27.3 Å². The molecule has 0 atom stereocenters. The third-order valence-corrected chi connectivity index (χ3v) is 2.58. The first-order valence-corrected chi connectivity index (χ1v) is 5.57. The largest absolute Gasteiger partial charge is 0.437 e. The van der Waals surface area contributed by atoms with E-state index in [-0.39, 0.29) is 11.4 Å². The Bertz CT molecular complexity index is 635. The van der Waals surface area contributed by atoms with Gasteiger partial charge in [0.2, 0.25) is 5.88 Å². The van der Waals surface area contributed by atoms with E-state index in [1.54, 1.807) is 12.1 Å². The molecule has 0 bridgehead atoms. The number of ether oxygens (including phenoxy) is 1. The molecule has 2 N–H and O–H groups in total. The SMILES string of the molecule is Cc1ccc(Cl)cc1Oc1ncc(N)cc1C#N. The van der Waals surface area contributed by atoms with Crippen molar-refractivity contribution in [2.45, 2.75) is 6.92 Å². The number of hydrogen-bond acceptors (Lipinski definition) is 4. The summed E-state index contributed by atoms with van der Waals surface area (Å²) in [7, 11) is 0. The Morgan fingerprint density at radius 2 is 2.17 bits per heavy atom. The van der Waals surface area contributed by atoms with Crippen molar-refractivity contribution in [3.8, 4) is 17.7 Å². The van der Waals surface area contributed by atoms with E-state index in [0.717, 1.165) is 5.56 Å². The molecule has 0 amide bonds. The fourth-order valence-corrected chi connectivity index (χ4v) is 1.58. The zero-order valence-electron chi connectivity index (χ0n) is 9.64. The van der Waals surface area contributed by atoms with E-state index in [9.17, 15) is 0 Å². The summed E-state index contributed by atoms with van der Waals surface area (Å²) in [4.78, 5) is 4.00. The van der Waals surface area contributed by atoms with Crippen LogP contribution in [-0.2, 0) is 0 Å². The molecule has 0 saturated heterocycles. The van der Waals surface area contributed by atoms with Crippen LogP contribution in [0.1, 0.15) is 11.1 Å². The zero-order valence-corrected chi connectivity index (χ0v) is 10.4. The van der Waals surface area contributed by atoms with Crippen LogP contribution in [0.5, 0.6) is 11.6 Å². The summed E-state index contributed by atoms with van der Waals surface area (Å²) in [6.45, 7) is 1.88. The van der Waals surface area contributed by atoms with Gasteiger partial charge in [0.05, 0.1) is 11.9 Å². The van der Waals surface area contributed by atoms with Gasteiger partial charge in [-0.05, 0) is 30.7 Å². The molecule has 0 radical (unpaired) electrons. The molecule has 2 aromatic rings. The summed E-state index contributed by atoms with van der Waals surface area (Å²) in [5.41, 5.74) is 7.17. The molecule has 0 aliphatic heterocycles. The lowest BCUT2D eigenvalue weighted by Crippen LogP contribution is -1.96. The second-order valence-corrected chi connectivity index (χ2v) is 4.18. The van der Waals surface area contributed by atoms with E-state index < -0.39 is 0 Å². The minimum absolute atomic E-state index is 0.220. The van der Waals surface area contributed by atoms with Gasteiger partial charge in [0.25, 0.3) is 0 Å². The molecule has 90 valence electrons. The van der Waals surface area contributed by atoms with Crippen LogP contribution in [0.2, 0.25) is 5.02 Å². The van der Waals surface area contributed by atoms with Gasteiger partial charge in [0, 0.05) is 5.02 Å². The third-order valence-electron chi connectivity index (χ3n) is 2.35. The number of nitrogens with zero attached hydrogens (tertiary/aromatic N) is 2. The Morgan fingerprint density at radius 3 is 2.89 bits per heavy atom. The smallest absolute Gasteiger partial charge is 0.237 e. The molecule has 1 aromatic heterocycles. The lowest BCUT2D eigenvalue weighted by Gasteiger charge is -2.09. The van der Waals surface area contributed by atoms with Crippen molar-refractivity contribution in [3.05, 3.63) is 46.6 Å². The highest BCUT2D eigenvalue weighted by molar-refractivity contribution is 6.30. The molecule has 0 fully saturated rings. The minimum Gasteiger partial charge on any atom is -0.437 e. The highest BCUT2D eigenvalue weighted by atomic mass is 35.5. The highest BCUT2D eigenvalue weighted by Crippen LogP contribution is 2.29. The van der Waals surface area contributed by atoms with Crippen molar-refractivity contribution in [2.75, 3.05) is 5.73 Å². The number of nitrogen functional groups attached to an aromatic ring is 1. The molecule has 1 aromatic carbocycles. The average molecular weight is 260 g/mol. The van der Waals surface area contributed by atoms with Crippen molar-refractivity contribution in [1.29, 1.82) is 5.26 Å². The van der Waals surface area contributed by atoms with Gasteiger partial charge in [-0.2, -0.15) is 5.26 Å². The molecule has 0 aliphatic rings. The number of aromatic nitrogens is 1. The van der Waals surface area contributed by atoms with E-state index in [0.29, 0.717) is 16.5 Å². The van der Waals surface area contributed by atoms with Gasteiger partial charge in [-0.25, -0.2) is 4.98 Å². The van der Waals surface area contributed by atoms with Crippen molar-refractivity contribution in [3.63, 3.8) is 0 Å². The predicted octanol–water partition coefficient (Wildman–Crippen LogP) is 3.29. The van der Waals surface area contributed by atoms with Crippen LogP contribution in [0.25, 0.3) is 0 Å². The molecule has 0 saturated carbocycles. The second-order valence-electron chi connectivity index (χ2n) is 3.75. The van der Waals surface area contributed by atoms with Crippen LogP contribution in [0.4, 0.5) is 5.69 Å². The van der Waals surface area contributed by atoms with Crippen LogP contribution in [0.15, 0.2) is 30.5 Å². The van der Waals surface area contributed by atoms with E-state index in [2.05, 4.69) is 4.98 Å². The standard InChI is InChI=1S/C13H10ClN3O/c1-8-2-3-10(14)5-12(8)18-13-9(6-15)4-11(16)7-17-13/h2-5,7H,16H2,1H3. The summed E-state index contributed by atoms with van der Waals surface area (Å²) in [6, 6.07) is 8.79. The molecule has 5 heteroatoms. The molecule has 0 spiro atoms. The maximum Gasteiger partial charge on any atom is 0.237 e. The van der Waals surface area contributed by atoms with Crippen molar-refractivity contribution in [1.82, 2.24) is 4.98 Å². The fraction of sp³-hybridized carbons (Fsp3) is 0.0769. The first-order valence-electron chi connectivity index (χ1n) is 5.20. The Morgan fingerprint density at radius 1 is 1.39 bits per heavy atom. The van der Waals surface area contributed by atoms with Crippen LogP contribution in [-0.4, -0.2) is 4.98 Å². The second kappa shape index (κ2) is 4.94. The van der Waals surface area contributed by atoms with Gasteiger partial charge in [-0.1, -0.05) is 17.7 Å². The van der Waals surface area contributed by atoms with Crippen molar-refractivity contribution in [2.24, 2.45) is 0 Å². The number of nitriles is 1. The first-order chi connectivity index (χ1) is 8.60. The molecule has 4 nitrogen and oxygen atoms in total. The molecule has 18 heavy (non-hydrogen) atoms. The quantitative estimate of drug-likeness (QED) is 0.898. The van der Waals surface area contributed by atoms with Crippen molar-refractivity contribution < 1.29 is 4.74 Å². The average Bonchev–Trinajstić information content (AvgIpc) is 2.36. The lowest BCUT2D eigenvalue weighted by molar-refractivity contribution is 0.458. The Hall–Kier alpha value is -2.25. The topological polar surface area (TPSA) is 71.9 Å². The van der Waals surface area contributed by atoms with Crippen LogP contribution in [0, 0.1) is 18.3 Å². The van der Waals surface area contributed by atoms with Gasteiger partial charge in [0.15, 0.2) is 0 Å². The van der Waals surface area contributed by atoms with E-state index >= 15 is 0 Å². The first kappa shape index (κ1) is 12.2. The van der Waals surface area contributed by atoms with Gasteiger partial charge in [-0.15, -0.1) is 0 Å². The molecule has 0 aliphatic carbocycles. The molecular formula is C13H10ClN3O. The Balaban J connectivity index is 2.40. The Labute approximate surface area is 110 Å². The van der Waals surface area contributed by atoms with E-state index in [1.807, 2.05) is 19.1 Å². The van der Waals surface area contributed by atoms with Gasteiger partial charge in [-0.3, -0.25) is 0 Å². The van der Waals surface area contributed by atoms with Gasteiger partial charge in [0.1, 0.15) is 17.4 Å². The molecule has 2 rings (SSSR count). The third kappa shape index (κ3) is 2.53. The zero-order chi connectivity index (χ0) is 13.1. The van der Waals surface area contributed by atoms with Gasteiger partial charge >= 0.3 is 0 Å². The van der Waals surface area contributed by atoms with Crippen molar-refractivity contribution >= 4 is 17.3 Å². The van der Waals surface area contributed by atoms with E-state index in [1.165, 1.54) is 12.3 Å². The number of aryl methyl sites for hydroxylation is 1. The number of benzene rings is 1. The fourth-order valence-electron chi connectivity index (χ4n) is 1.42. The monoisotopic (exact) mass is 259 g/mol. The molecular weight excluding hydrogens is 250 g/mol. The maximum atomic E-state index is 8.99. The molecule has 1 heterocycles. The maximum absolute atomic E-state index is 8.99. The van der Waals surface area contributed by atoms with Gasteiger partial charge < -0.3 is 10.5 Å². The number of hydrogen-bond donors (Lipinski definition) is 1. The van der Waals surface area contributed by atoms with Crippen LogP contribution in [0.3, 0.4) is 0 Å². The molecule has 0 unspecified atom stereocenters. The number of nitrogens with two attached hydrogens (primary N) is 1.